The maximum absolute atomic E-state index is 12.2. The molecule has 148 valence electrons. The van der Waals surface area contributed by atoms with Crippen molar-refractivity contribution in [2.24, 2.45) is 7.05 Å². The highest BCUT2D eigenvalue weighted by molar-refractivity contribution is 5.99. The van der Waals surface area contributed by atoms with Crippen molar-refractivity contribution >= 4 is 35.1 Å². The van der Waals surface area contributed by atoms with Gasteiger partial charge in [-0.1, -0.05) is 12.6 Å². The molecule has 0 bridgehead atoms. The Morgan fingerprint density at radius 2 is 2.07 bits per heavy atom. The second-order valence-electron chi connectivity index (χ2n) is 5.93. The number of benzene rings is 1. The molecule has 0 fully saturated rings. The van der Waals surface area contributed by atoms with Gasteiger partial charge in [0, 0.05) is 31.2 Å². The first-order valence-electron chi connectivity index (χ1n) is 8.55. The molecule has 10 heteroatoms. The minimum absolute atomic E-state index is 0.253. The molecule has 0 saturated heterocycles. The number of hydrogen-bond acceptors (Lipinski definition) is 7. The molecule has 10 nitrogen and oxygen atoms in total. The Morgan fingerprint density at radius 1 is 1.24 bits per heavy atom. The summed E-state index contributed by atoms with van der Waals surface area (Å²) >= 11 is 0. The van der Waals surface area contributed by atoms with Crippen molar-refractivity contribution in [3.05, 3.63) is 61.1 Å². The Labute approximate surface area is 166 Å². The van der Waals surface area contributed by atoms with Gasteiger partial charge in [0.15, 0.2) is 0 Å². The van der Waals surface area contributed by atoms with E-state index in [9.17, 15) is 9.59 Å². The number of nitrogens with one attached hydrogen (secondary N) is 3. The fourth-order valence-corrected chi connectivity index (χ4v) is 2.40. The van der Waals surface area contributed by atoms with Gasteiger partial charge in [0.2, 0.25) is 11.9 Å². The Hall–Kier alpha value is -4.21. The zero-order chi connectivity index (χ0) is 20.8. The Balaban J connectivity index is 1.64. The van der Waals surface area contributed by atoms with Crippen LogP contribution in [0.15, 0.2) is 55.4 Å². The number of nitrogens with zero attached hydrogens (tertiary/aromatic N) is 4. The van der Waals surface area contributed by atoms with Crippen LogP contribution in [0.25, 0.3) is 0 Å². The molecule has 0 atom stereocenters. The van der Waals surface area contributed by atoms with Gasteiger partial charge in [-0.25, -0.2) is 9.78 Å². The highest BCUT2D eigenvalue weighted by atomic mass is 16.6. The second kappa shape index (κ2) is 8.65. The maximum Gasteiger partial charge on any atom is 0.418 e. The number of amides is 2. The number of anilines is 4. The first kappa shape index (κ1) is 19.5. The van der Waals surface area contributed by atoms with E-state index in [4.69, 9.17) is 4.74 Å². The number of carbonyl (C=O) groups is 2. The third-order valence-corrected chi connectivity index (χ3v) is 3.64. The average molecular weight is 393 g/mol. The van der Waals surface area contributed by atoms with Crippen LogP contribution in [0, 0.1) is 6.92 Å². The maximum atomic E-state index is 12.2. The van der Waals surface area contributed by atoms with E-state index in [0.29, 0.717) is 11.6 Å². The van der Waals surface area contributed by atoms with Crippen LogP contribution in [0.5, 0.6) is 5.75 Å². The third kappa shape index (κ3) is 5.39. The van der Waals surface area contributed by atoms with Crippen molar-refractivity contribution in [3.63, 3.8) is 0 Å². The lowest BCUT2D eigenvalue weighted by atomic mass is 10.3. The predicted molar refractivity (Wildman–Crippen MR) is 108 cm³/mol. The van der Waals surface area contributed by atoms with Crippen LogP contribution in [0.1, 0.15) is 5.69 Å². The van der Waals surface area contributed by atoms with Crippen LogP contribution < -0.4 is 20.7 Å². The molecular weight excluding hydrogens is 374 g/mol. The van der Waals surface area contributed by atoms with Crippen LogP contribution >= 0.6 is 0 Å². The molecule has 0 unspecified atom stereocenters. The molecular formula is C19H19N7O3. The molecule has 0 aliphatic heterocycles. The summed E-state index contributed by atoms with van der Waals surface area (Å²) in [5.41, 5.74) is 2.02. The zero-order valence-electron chi connectivity index (χ0n) is 15.8. The van der Waals surface area contributed by atoms with Gasteiger partial charge in [-0.15, -0.1) is 0 Å². The normalized spacial score (nSPS) is 10.1. The van der Waals surface area contributed by atoms with Gasteiger partial charge in [-0.3, -0.25) is 14.8 Å². The standard InChI is InChI=1S/C19H19N7O3/c1-4-17(27)21-13-6-5-7-14(10-13)29-19(28)24-16-8-9-20-18(23-16)22-15-11-26(3)25-12(15)2/h4-11H,1H2,2-3H3,(H,21,27)(H2,20,22,23,24,28). The lowest BCUT2D eigenvalue weighted by Crippen LogP contribution is -2.18. The molecule has 2 amide bonds. The van der Waals surface area contributed by atoms with E-state index in [-0.39, 0.29) is 17.5 Å². The van der Waals surface area contributed by atoms with Crippen molar-refractivity contribution in [2.75, 3.05) is 16.0 Å². The number of aromatic nitrogens is 4. The Bertz CT molecular complexity index is 1060. The van der Waals surface area contributed by atoms with E-state index < -0.39 is 6.09 Å². The average Bonchev–Trinajstić information content (AvgIpc) is 2.99. The quantitative estimate of drug-likeness (QED) is 0.550. The van der Waals surface area contributed by atoms with Gasteiger partial charge in [-0.05, 0) is 31.2 Å². The fourth-order valence-electron chi connectivity index (χ4n) is 2.40. The molecule has 2 aromatic heterocycles. The van der Waals surface area contributed by atoms with Crippen molar-refractivity contribution in [2.45, 2.75) is 6.92 Å². The van der Waals surface area contributed by atoms with Crippen molar-refractivity contribution in [3.8, 4) is 5.75 Å². The summed E-state index contributed by atoms with van der Waals surface area (Å²) < 4.78 is 6.90. The van der Waals surface area contributed by atoms with Crippen LogP contribution in [0.2, 0.25) is 0 Å². The number of aryl methyl sites for hydroxylation is 2. The zero-order valence-corrected chi connectivity index (χ0v) is 15.8. The summed E-state index contributed by atoms with van der Waals surface area (Å²) in [6.45, 7) is 5.24. The first-order valence-corrected chi connectivity index (χ1v) is 8.55. The number of ether oxygens (including phenoxy) is 1. The third-order valence-electron chi connectivity index (χ3n) is 3.64. The summed E-state index contributed by atoms with van der Waals surface area (Å²) in [5.74, 6) is 0.442. The lowest BCUT2D eigenvalue weighted by Gasteiger charge is -2.09. The fraction of sp³-hybridized carbons (Fsp3) is 0.105. The van der Waals surface area contributed by atoms with Crippen LogP contribution in [-0.2, 0) is 11.8 Å². The second-order valence-corrected chi connectivity index (χ2v) is 5.93. The topological polar surface area (TPSA) is 123 Å². The summed E-state index contributed by atoms with van der Waals surface area (Å²) in [6, 6.07) is 7.93. The first-order chi connectivity index (χ1) is 13.9. The lowest BCUT2D eigenvalue weighted by molar-refractivity contribution is -0.111. The van der Waals surface area contributed by atoms with Crippen molar-refractivity contribution in [1.29, 1.82) is 0 Å². The van der Waals surface area contributed by atoms with E-state index in [2.05, 4.69) is 37.6 Å². The summed E-state index contributed by atoms with van der Waals surface area (Å²) in [7, 11) is 1.81. The smallest absolute Gasteiger partial charge is 0.410 e. The van der Waals surface area contributed by atoms with E-state index in [1.54, 1.807) is 29.1 Å². The molecule has 2 heterocycles. The van der Waals surface area contributed by atoms with Gasteiger partial charge < -0.3 is 15.4 Å². The molecule has 0 aliphatic rings. The van der Waals surface area contributed by atoms with Crippen molar-refractivity contribution < 1.29 is 14.3 Å². The van der Waals surface area contributed by atoms with Crippen molar-refractivity contribution in [1.82, 2.24) is 19.7 Å². The summed E-state index contributed by atoms with van der Waals surface area (Å²) in [4.78, 5) is 31.9. The predicted octanol–water partition coefficient (Wildman–Crippen LogP) is 3.00. The summed E-state index contributed by atoms with van der Waals surface area (Å²) in [6.07, 6.45) is 3.71. The van der Waals surface area contributed by atoms with Gasteiger partial charge in [0.05, 0.1) is 11.4 Å². The van der Waals surface area contributed by atoms with Crippen LogP contribution in [0.4, 0.5) is 27.9 Å². The molecule has 0 radical (unpaired) electrons. The largest absolute Gasteiger partial charge is 0.418 e. The minimum Gasteiger partial charge on any atom is -0.410 e. The number of hydrogen-bond donors (Lipinski definition) is 3. The number of carbonyl (C=O) groups excluding carboxylic acids is 2. The molecule has 3 N–H and O–H groups in total. The summed E-state index contributed by atoms with van der Waals surface area (Å²) in [5, 5.41) is 12.4. The molecule has 3 rings (SSSR count). The molecule has 1 aromatic carbocycles. The molecule has 0 spiro atoms. The number of rotatable bonds is 6. The monoisotopic (exact) mass is 393 g/mol. The van der Waals surface area contributed by atoms with Crippen LogP contribution in [-0.4, -0.2) is 31.7 Å². The van der Waals surface area contributed by atoms with Gasteiger partial charge in [-0.2, -0.15) is 10.1 Å². The minimum atomic E-state index is -0.737. The Morgan fingerprint density at radius 3 is 2.79 bits per heavy atom. The highest BCUT2D eigenvalue weighted by Crippen LogP contribution is 2.19. The van der Waals surface area contributed by atoms with Gasteiger partial charge >= 0.3 is 6.09 Å². The molecule has 3 aromatic rings. The highest BCUT2D eigenvalue weighted by Gasteiger charge is 2.10. The Kier molecular flexibility index (Phi) is 5.83. The van der Waals surface area contributed by atoms with Gasteiger partial charge in [0.25, 0.3) is 0 Å². The van der Waals surface area contributed by atoms with Gasteiger partial charge in [0.1, 0.15) is 11.6 Å². The van der Waals surface area contributed by atoms with E-state index >= 15 is 0 Å². The molecule has 0 aliphatic carbocycles. The van der Waals surface area contributed by atoms with Crippen LogP contribution in [0.3, 0.4) is 0 Å². The SMILES string of the molecule is C=CC(=O)Nc1cccc(OC(=O)Nc2ccnc(Nc3cn(C)nc3C)n2)c1. The molecule has 0 saturated carbocycles. The van der Waals surface area contributed by atoms with E-state index in [0.717, 1.165) is 17.5 Å². The van der Waals surface area contributed by atoms with E-state index in [1.165, 1.54) is 18.3 Å². The molecule has 29 heavy (non-hydrogen) atoms. The van der Waals surface area contributed by atoms with E-state index in [1.807, 2.05) is 14.0 Å².